The predicted molar refractivity (Wildman–Crippen MR) is 90.7 cm³/mol. The molecule has 0 spiro atoms. The van der Waals surface area contributed by atoms with Gasteiger partial charge in [-0.25, -0.2) is 0 Å². The fourth-order valence-corrected chi connectivity index (χ4v) is 2.21. The molecule has 0 unspecified atom stereocenters. The van der Waals surface area contributed by atoms with Crippen LogP contribution >= 0.6 is 11.6 Å². The van der Waals surface area contributed by atoms with E-state index in [-0.39, 0.29) is 5.91 Å². The van der Waals surface area contributed by atoms with Crippen LogP contribution in [-0.2, 0) is 11.2 Å². The van der Waals surface area contributed by atoms with Gasteiger partial charge in [0.2, 0.25) is 5.91 Å². The number of benzene rings is 2. The molecule has 1 N–H and O–H groups in total. The standard InChI is InChI=1S/C19H18ClNO/c20-18-13-5-4-11-17(18)12-7-15-21-19(22)14-6-10-16-8-2-1-3-9-16/h1-5,8-9,11,13H,6,10,14-15H2,(H,21,22). The number of aryl methyl sites for hydroxylation is 1. The van der Waals surface area contributed by atoms with Gasteiger partial charge in [-0.3, -0.25) is 4.79 Å². The van der Waals surface area contributed by atoms with Crippen LogP contribution < -0.4 is 5.32 Å². The van der Waals surface area contributed by atoms with E-state index in [0.29, 0.717) is 18.0 Å². The topological polar surface area (TPSA) is 29.1 Å². The number of hydrogen-bond acceptors (Lipinski definition) is 1. The number of nitrogens with one attached hydrogen (secondary N) is 1. The van der Waals surface area contributed by atoms with Gasteiger partial charge in [0, 0.05) is 12.0 Å². The molecule has 2 aromatic carbocycles. The third-order valence-corrected chi connectivity index (χ3v) is 3.51. The molecule has 2 rings (SSSR count). The molecule has 22 heavy (non-hydrogen) atoms. The Labute approximate surface area is 136 Å². The molecule has 0 atom stereocenters. The van der Waals surface area contributed by atoms with Crippen LogP contribution in [0.2, 0.25) is 5.02 Å². The molecule has 0 fully saturated rings. The third kappa shape index (κ3) is 5.63. The summed E-state index contributed by atoms with van der Waals surface area (Å²) < 4.78 is 0. The van der Waals surface area contributed by atoms with E-state index in [1.165, 1.54) is 5.56 Å². The maximum atomic E-state index is 11.7. The molecule has 0 aliphatic rings. The smallest absolute Gasteiger partial charge is 0.220 e. The van der Waals surface area contributed by atoms with Crippen molar-refractivity contribution in [2.24, 2.45) is 0 Å². The van der Waals surface area contributed by atoms with Gasteiger partial charge in [-0.1, -0.05) is 65.9 Å². The summed E-state index contributed by atoms with van der Waals surface area (Å²) in [6, 6.07) is 17.6. The molecule has 112 valence electrons. The molecule has 2 aromatic rings. The molecule has 0 radical (unpaired) electrons. The Morgan fingerprint density at radius 2 is 1.77 bits per heavy atom. The van der Waals surface area contributed by atoms with E-state index in [1.54, 1.807) is 6.07 Å². The molecule has 0 aromatic heterocycles. The van der Waals surface area contributed by atoms with Crippen molar-refractivity contribution in [3.63, 3.8) is 0 Å². The second-order valence-electron chi connectivity index (χ2n) is 4.90. The Hall–Kier alpha value is -2.24. The van der Waals surface area contributed by atoms with Gasteiger partial charge in [0.05, 0.1) is 11.6 Å². The van der Waals surface area contributed by atoms with Crippen LogP contribution in [0.3, 0.4) is 0 Å². The van der Waals surface area contributed by atoms with Gasteiger partial charge in [0.25, 0.3) is 0 Å². The first-order chi connectivity index (χ1) is 10.8. The van der Waals surface area contributed by atoms with Gasteiger partial charge < -0.3 is 5.32 Å². The summed E-state index contributed by atoms with van der Waals surface area (Å²) in [5.41, 5.74) is 2.04. The highest BCUT2D eigenvalue weighted by Gasteiger charge is 2.00. The molecule has 0 bridgehead atoms. The van der Waals surface area contributed by atoms with Gasteiger partial charge in [-0.2, -0.15) is 0 Å². The van der Waals surface area contributed by atoms with E-state index < -0.39 is 0 Å². The van der Waals surface area contributed by atoms with Crippen LogP contribution in [0.1, 0.15) is 24.0 Å². The van der Waals surface area contributed by atoms with E-state index in [0.717, 1.165) is 18.4 Å². The zero-order chi connectivity index (χ0) is 15.6. The van der Waals surface area contributed by atoms with E-state index in [2.05, 4.69) is 29.3 Å². The molecule has 0 heterocycles. The highest BCUT2D eigenvalue weighted by atomic mass is 35.5. The number of rotatable bonds is 5. The summed E-state index contributed by atoms with van der Waals surface area (Å²) in [7, 11) is 0. The minimum absolute atomic E-state index is 0.0318. The van der Waals surface area contributed by atoms with E-state index >= 15 is 0 Å². The van der Waals surface area contributed by atoms with Crippen molar-refractivity contribution in [3.8, 4) is 11.8 Å². The summed E-state index contributed by atoms with van der Waals surface area (Å²) in [5, 5.41) is 3.43. The Balaban J connectivity index is 1.67. The Kier molecular flexibility index (Phi) is 6.54. The SMILES string of the molecule is O=C(CCCc1ccccc1)NCC#Cc1ccccc1Cl. The van der Waals surface area contributed by atoms with Gasteiger partial charge in [0.1, 0.15) is 0 Å². The summed E-state index contributed by atoms with van der Waals surface area (Å²) in [6.07, 6.45) is 2.27. The van der Waals surface area contributed by atoms with Crippen molar-refractivity contribution in [2.75, 3.05) is 6.54 Å². The molecular weight excluding hydrogens is 294 g/mol. The largest absolute Gasteiger partial charge is 0.345 e. The van der Waals surface area contributed by atoms with Crippen LogP contribution in [0, 0.1) is 11.8 Å². The summed E-state index contributed by atoms with van der Waals surface area (Å²) >= 11 is 6.00. The molecular formula is C19H18ClNO. The molecule has 0 saturated carbocycles. The molecule has 0 saturated heterocycles. The predicted octanol–water partition coefficient (Wildman–Crippen LogP) is 3.83. The first-order valence-corrected chi connectivity index (χ1v) is 7.67. The first-order valence-electron chi connectivity index (χ1n) is 7.30. The van der Waals surface area contributed by atoms with Gasteiger partial charge in [0.15, 0.2) is 0 Å². The van der Waals surface area contributed by atoms with Crippen molar-refractivity contribution in [3.05, 3.63) is 70.7 Å². The summed E-state index contributed by atoms with van der Waals surface area (Å²) in [5.74, 6) is 5.90. The Morgan fingerprint density at radius 3 is 2.55 bits per heavy atom. The van der Waals surface area contributed by atoms with Crippen molar-refractivity contribution < 1.29 is 4.79 Å². The van der Waals surface area contributed by atoms with E-state index in [1.807, 2.05) is 36.4 Å². The van der Waals surface area contributed by atoms with Crippen LogP contribution in [-0.4, -0.2) is 12.5 Å². The molecule has 0 aliphatic carbocycles. The monoisotopic (exact) mass is 311 g/mol. The number of carbonyl (C=O) groups excluding carboxylic acids is 1. The average molecular weight is 312 g/mol. The minimum atomic E-state index is 0.0318. The van der Waals surface area contributed by atoms with Crippen LogP contribution in [0.15, 0.2) is 54.6 Å². The fraction of sp³-hybridized carbons (Fsp3) is 0.211. The number of halogens is 1. The lowest BCUT2D eigenvalue weighted by Crippen LogP contribution is -2.23. The molecule has 2 nitrogen and oxygen atoms in total. The number of carbonyl (C=O) groups is 1. The second-order valence-corrected chi connectivity index (χ2v) is 5.30. The second kappa shape index (κ2) is 8.92. The fourth-order valence-electron chi connectivity index (χ4n) is 2.03. The number of hydrogen-bond donors (Lipinski definition) is 1. The van der Waals surface area contributed by atoms with Crippen LogP contribution in [0.25, 0.3) is 0 Å². The minimum Gasteiger partial charge on any atom is -0.345 e. The van der Waals surface area contributed by atoms with Crippen molar-refractivity contribution >= 4 is 17.5 Å². The van der Waals surface area contributed by atoms with Crippen LogP contribution in [0.4, 0.5) is 0 Å². The Morgan fingerprint density at radius 1 is 1.05 bits per heavy atom. The highest BCUT2D eigenvalue weighted by molar-refractivity contribution is 6.31. The quantitative estimate of drug-likeness (QED) is 0.835. The van der Waals surface area contributed by atoms with E-state index in [4.69, 9.17) is 11.6 Å². The summed E-state index contributed by atoms with van der Waals surface area (Å²) in [4.78, 5) is 11.7. The first kappa shape index (κ1) is 16.1. The highest BCUT2D eigenvalue weighted by Crippen LogP contribution is 2.12. The zero-order valence-electron chi connectivity index (χ0n) is 12.3. The zero-order valence-corrected chi connectivity index (χ0v) is 13.1. The van der Waals surface area contributed by atoms with E-state index in [9.17, 15) is 4.79 Å². The average Bonchev–Trinajstić information content (AvgIpc) is 2.54. The maximum absolute atomic E-state index is 11.7. The number of amides is 1. The maximum Gasteiger partial charge on any atom is 0.220 e. The lowest BCUT2D eigenvalue weighted by atomic mass is 10.1. The lowest BCUT2D eigenvalue weighted by molar-refractivity contribution is -0.120. The molecule has 1 amide bonds. The summed E-state index contributed by atoms with van der Waals surface area (Å²) in [6.45, 7) is 0.343. The van der Waals surface area contributed by atoms with Crippen molar-refractivity contribution in [1.29, 1.82) is 0 Å². The Bertz CT molecular complexity index is 671. The molecule has 3 heteroatoms. The normalized spacial score (nSPS) is 9.68. The van der Waals surface area contributed by atoms with Gasteiger partial charge >= 0.3 is 0 Å². The van der Waals surface area contributed by atoms with Gasteiger partial charge in [-0.05, 0) is 30.5 Å². The van der Waals surface area contributed by atoms with Gasteiger partial charge in [-0.15, -0.1) is 0 Å². The van der Waals surface area contributed by atoms with Crippen LogP contribution in [0.5, 0.6) is 0 Å². The van der Waals surface area contributed by atoms with Crippen molar-refractivity contribution in [1.82, 2.24) is 5.32 Å². The lowest BCUT2D eigenvalue weighted by Gasteiger charge is -2.02. The molecule has 0 aliphatic heterocycles. The van der Waals surface area contributed by atoms with Crippen molar-refractivity contribution in [2.45, 2.75) is 19.3 Å². The third-order valence-electron chi connectivity index (χ3n) is 3.18.